The molecule has 0 aliphatic heterocycles. The fourth-order valence-electron chi connectivity index (χ4n) is 1.97. The van der Waals surface area contributed by atoms with E-state index >= 15 is 0 Å². The van der Waals surface area contributed by atoms with E-state index in [1.807, 2.05) is 6.92 Å². The lowest BCUT2D eigenvalue weighted by atomic mass is 10.1. The van der Waals surface area contributed by atoms with Crippen molar-refractivity contribution in [3.05, 3.63) is 59.2 Å². The van der Waals surface area contributed by atoms with Gasteiger partial charge in [0.05, 0.1) is 12.0 Å². The van der Waals surface area contributed by atoms with Gasteiger partial charge in [0.15, 0.2) is 0 Å². The van der Waals surface area contributed by atoms with Gasteiger partial charge < -0.3 is 15.5 Å². The average molecular weight is 285 g/mol. The van der Waals surface area contributed by atoms with Crippen LogP contribution < -0.4 is 5.32 Å². The fraction of sp³-hybridized carbons (Fsp3) is 0.125. The highest BCUT2D eigenvalue weighted by Crippen LogP contribution is 2.20. The second-order valence-electron chi connectivity index (χ2n) is 4.75. The Morgan fingerprint density at radius 2 is 1.90 bits per heavy atom. The molecule has 0 aromatic heterocycles. The molecular weight excluding hydrogens is 270 g/mol. The van der Waals surface area contributed by atoms with Crippen LogP contribution in [-0.4, -0.2) is 22.1 Å². The Morgan fingerprint density at radius 3 is 2.57 bits per heavy atom. The van der Waals surface area contributed by atoms with Gasteiger partial charge in [0.2, 0.25) is 0 Å². The van der Waals surface area contributed by atoms with E-state index in [2.05, 4.69) is 5.32 Å². The normalized spacial score (nSPS) is 10.1. The number of benzene rings is 2. The number of phenolic OH excluding ortho intramolecular Hbond substituents is 1. The molecule has 0 aliphatic rings. The molecule has 3 N–H and O–H groups in total. The summed E-state index contributed by atoms with van der Waals surface area (Å²) < 4.78 is 0. The van der Waals surface area contributed by atoms with Gasteiger partial charge in [-0.3, -0.25) is 9.59 Å². The third-order valence-corrected chi connectivity index (χ3v) is 2.94. The molecule has 2 aromatic rings. The van der Waals surface area contributed by atoms with Gasteiger partial charge in [0, 0.05) is 5.69 Å². The minimum atomic E-state index is -0.936. The van der Waals surface area contributed by atoms with Crippen molar-refractivity contribution in [1.29, 1.82) is 0 Å². The SMILES string of the molecule is Cc1ccc(C(=O)Nc2cccc(CC(=O)O)c2)c(O)c1. The highest BCUT2D eigenvalue weighted by molar-refractivity contribution is 6.06. The summed E-state index contributed by atoms with van der Waals surface area (Å²) in [6.45, 7) is 1.82. The highest BCUT2D eigenvalue weighted by atomic mass is 16.4. The molecule has 5 heteroatoms. The van der Waals surface area contributed by atoms with Crippen molar-refractivity contribution in [2.75, 3.05) is 5.32 Å². The molecular formula is C16H15NO4. The number of aryl methyl sites for hydroxylation is 1. The van der Waals surface area contributed by atoms with Crippen molar-refractivity contribution in [3.8, 4) is 5.75 Å². The Morgan fingerprint density at radius 1 is 1.14 bits per heavy atom. The minimum Gasteiger partial charge on any atom is -0.507 e. The molecule has 0 heterocycles. The number of carbonyl (C=O) groups is 2. The van der Waals surface area contributed by atoms with E-state index in [4.69, 9.17) is 5.11 Å². The van der Waals surface area contributed by atoms with Crippen molar-refractivity contribution in [2.24, 2.45) is 0 Å². The van der Waals surface area contributed by atoms with Gasteiger partial charge >= 0.3 is 5.97 Å². The first kappa shape index (κ1) is 14.6. The smallest absolute Gasteiger partial charge is 0.307 e. The Hall–Kier alpha value is -2.82. The fourth-order valence-corrected chi connectivity index (χ4v) is 1.97. The van der Waals surface area contributed by atoms with Gasteiger partial charge in [0.1, 0.15) is 5.75 Å². The number of carbonyl (C=O) groups excluding carboxylic acids is 1. The third-order valence-electron chi connectivity index (χ3n) is 2.94. The second kappa shape index (κ2) is 6.09. The van der Waals surface area contributed by atoms with E-state index in [1.165, 1.54) is 6.07 Å². The minimum absolute atomic E-state index is 0.0887. The number of carboxylic acid groups (broad SMARTS) is 1. The van der Waals surface area contributed by atoms with E-state index in [-0.39, 0.29) is 17.7 Å². The highest BCUT2D eigenvalue weighted by Gasteiger charge is 2.11. The van der Waals surface area contributed by atoms with Crippen molar-refractivity contribution in [2.45, 2.75) is 13.3 Å². The van der Waals surface area contributed by atoms with Crippen molar-refractivity contribution >= 4 is 17.6 Å². The van der Waals surface area contributed by atoms with Crippen LogP contribution in [0.5, 0.6) is 5.75 Å². The first-order valence-electron chi connectivity index (χ1n) is 6.37. The number of anilines is 1. The molecule has 21 heavy (non-hydrogen) atoms. The van der Waals surface area contributed by atoms with Gasteiger partial charge in [-0.15, -0.1) is 0 Å². The maximum Gasteiger partial charge on any atom is 0.307 e. The second-order valence-corrected chi connectivity index (χ2v) is 4.75. The number of hydrogen-bond donors (Lipinski definition) is 3. The first-order valence-corrected chi connectivity index (χ1v) is 6.37. The van der Waals surface area contributed by atoms with Crippen molar-refractivity contribution in [3.63, 3.8) is 0 Å². The standard InChI is InChI=1S/C16H15NO4/c1-10-5-6-13(14(18)7-10)16(21)17-12-4-2-3-11(8-12)9-15(19)20/h2-8,18H,9H2,1H3,(H,17,21)(H,19,20). The monoisotopic (exact) mass is 285 g/mol. The summed E-state index contributed by atoms with van der Waals surface area (Å²) in [5.41, 5.74) is 2.10. The summed E-state index contributed by atoms with van der Waals surface area (Å²) in [6, 6.07) is 11.4. The van der Waals surface area contributed by atoms with Gasteiger partial charge in [-0.1, -0.05) is 18.2 Å². The first-order chi connectivity index (χ1) is 9.95. The zero-order chi connectivity index (χ0) is 15.4. The lowest BCUT2D eigenvalue weighted by Gasteiger charge is -2.08. The predicted molar refractivity (Wildman–Crippen MR) is 78.6 cm³/mol. The molecule has 1 amide bonds. The maximum absolute atomic E-state index is 12.1. The topological polar surface area (TPSA) is 86.6 Å². The lowest BCUT2D eigenvalue weighted by Crippen LogP contribution is -2.12. The summed E-state index contributed by atoms with van der Waals surface area (Å²) in [4.78, 5) is 22.8. The van der Waals surface area contributed by atoms with Crippen LogP contribution in [0.3, 0.4) is 0 Å². The van der Waals surface area contributed by atoms with Crippen molar-refractivity contribution < 1.29 is 19.8 Å². The molecule has 0 saturated carbocycles. The molecule has 0 atom stereocenters. The van der Waals surface area contributed by atoms with Crippen LogP contribution in [0.1, 0.15) is 21.5 Å². The maximum atomic E-state index is 12.1. The summed E-state index contributed by atoms with van der Waals surface area (Å²) >= 11 is 0. The molecule has 0 spiro atoms. The van der Waals surface area contributed by atoms with Gasteiger partial charge in [-0.2, -0.15) is 0 Å². The number of aromatic hydroxyl groups is 1. The molecule has 0 aliphatic carbocycles. The number of amides is 1. The summed E-state index contributed by atoms with van der Waals surface area (Å²) in [5, 5.41) is 21.2. The molecule has 0 unspecified atom stereocenters. The van der Waals surface area contributed by atoms with Crippen molar-refractivity contribution in [1.82, 2.24) is 0 Å². The van der Waals surface area contributed by atoms with E-state index in [1.54, 1.807) is 36.4 Å². The van der Waals surface area contributed by atoms with Crippen LogP contribution in [0.25, 0.3) is 0 Å². The van der Waals surface area contributed by atoms with Gasteiger partial charge in [0.25, 0.3) is 5.91 Å². The number of hydrogen-bond acceptors (Lipinski definition) is 3. The summed E-state index contributed by atoms with van der Waals surface area (Å²) in [6.07, 6.45) is -0.112. The van der Waals surface area contributed by atoms with Crippen LogP contribution in [0.15, 0.2) is 42.5 Å². The van der Waals surface area contributed by atoms with Gasteiger partial charge in [-0.25, -0.2) is 0 Å². The quantitative estimate of drug-likeness (QED) is 0.805. The average Bonchev–Trinajstić information content (AvgIpc) is 2.37. The van der Waals surface area contributed by atoms with Crippen LogP contribution in [0.4, 0.5) is 5.69 Å². The molecule has 2 aromatic carbocycles. The van der Waals surface area contributed by atoms with Crippen LogP contribution in [0.2, 0.25) is 0 Å². The van der Waals surface area contributed by atoms with Crippen LogP contribution in [-0.2, 0) is 11.2 Å². The number of aliphatic carboxylic acids is 1. The Labute approximate surface area is 121 Å². The van der Waals surface area contributed by atoms with E-state index in [0.29, 0.717) is 11.3 Å². The molecule has 0 bridgehead atoms. The molecule has 0 radical (unpaired) electrons. The molecule has 2 rings (SSSR count). The number of rotatable bonds is 4. The number of nitrogens with one attached hydrogen (secondary N) is 1. The van der Waals surface area contributed by atoms with E-state index in [0.717, 1.165) is 5.56 Å². The molecule has 108 valence electrons. The van der Waals surface area contributed by atoms with Gasteiger partial charge in [-0.05, 0) is 42.3 Å². The molecule has 5 nitrogen and oxygen atoms in total. The van der Waals surface area contributed by atoms with Crippen LogP contribution in [0, 0.1) is 6.92 Å². The lowest BCUT2D eigenvalue weighted by molar-refractivity contribution is -0.136. The van der Waals surface area contributed by atoms with Crippen LogP contribution >= 0.6 is 0 Å². The summed E-state index contributed by atoms with van der Waals surface area (Å²) in [7, 11) is 0. The summed E-state index contributed by atoms with van der Waals surface area (Å²) in [5.74, 6) is -1.47. The van der Waals surface area contributed by atoms with E-state index in [9.17, 15) is 14.7 Å². The molecule has 0 saturated heterocycles. The van der Waals surface area contributed by atoms with E-state index < -0.39 is 11.9 Å². The number of carboxylic acids is 1. The Balaban J connectivity index is 2.17. The Kier molecular flexibility index (Phi) is 4.23. The zero-order valence-electron chi connectivity index (χ0n) is 11.5. The predicted octanol–water partition coefficient (Wildman–Crippen LogP) is 2.58. The Bertz CT molecular complexity index is 694. The molecule has 0 fully saturated rings. The third kappa shape index (κ3) is 3.82. The largest absolute Gasteiger partial charge is 0.507 e. The zero-order valence-corrected chi connectivity index (χ0v) is 11.5. The number of phenols is 1.